The van der Waals surface area contributed by atoms with Crippen LogP contribution in [0.4, 0.5) is 11.5 Å². The van der Waals surface area contributed by atoms with E-state index in [9.17, 15) is 4.79 Å². The molecule has 2 heterocycles. The van der Waals surface area contributed by atoms with Gasteiger partial charge >= 0.3 is 0 Å². The van der Waals surface area contributed by atoms with Gasteiger partial charge in [-0.25, -0.2) is 9.97 Å². The van der Waals surface area contributed by atoms with E-state index < -0.39 is 0 Å². The van der Waals surface area contributed by atoms with Gasteiger partial charge in [0, 0.05) is 35.9 Å². The Labute approximate surface area is 176 Å². The molecular weight excluding hydrogens is 374 g/mol. The topological polar surface area (TPSA) is 73.9 Å². The number of carbonyl (C=O) groups excluding carboxylic acids is 1. The number of rotatable bonds is 7. The normalized spacial score (nSPS) is 10.9. The van der Waals surface area contributed by atoms with E-state index in [0.29, 0.717) is 18.1 Å². The lowest BCUT2D eigenvalue weighted by atomic mass is 10.1. The van der Waals surface area contributed by atoms with Crippen LogP contribution < -0.4 is 10.2 Å². The molecule has 0 unspecified atom stereocenters. The minimum absolute atomic E-state index is 0.152. The monoisotopic (exact) mass is 399 g/mol. The standard InChI is InChI=1S/C24H25N5O/c1-3-29(19-8-6-7-17(2)13-19)24(30)22-15-28-23(16-27-22)25-12-11-18-14-26-21-10-5-4-9-20(18)21/h4-10,13-16,26H,3,11-12H2,1-2H3,(H,25,28). The lowest BCUT2D eigenvalue weighted by Gasteiger charge is -2.21. The fourth-order valence-electron chi connectivity index (χ4n) is 3.57. The third-order valence-electron chi connectivity index (χ3n) is 5.12. The lowest BCUT2D eigenvalue weighted by molar-refractivity contribution is 0.0983. The van der Waals surface area contributed by atoms with Gasteiger partial charge in [0.05, 0.1) is 12.4 Å². The van der Waals surface area contributed by atoms with Crippen LogP contribution in [-0.4, -0.2) is 33.9 Å². The number of fused-ring (bicyclic) bond motifs is 1. The summed E-state index contributed by atoms with van der Waals surface area (Å²) in [6.45, 7) is 5.26. The zero-order valence-electron chi connectivity index (χ0n) is 17.2. The Morgan fingerprint density at radius 1 is 1.10 bits per heavy atom. The van der Waals surface area contributed by atoms with E-state index in [2.05, 4.69) is 32.4 Å². The van der Waals surface area contributed by atoms with E-state index in [-0.39, 0.29) is 5.91 Å². The highest BCUT2D eigenvalue weighted by Crippen LogP contribution is 2.19. The van der Waals surface area contributed by atoms with Crippen molar-refractivity contribution in [2.75, 3.05) is 23.3 Å². The summed E-state index contributed by atoms with van der Waals surface area (Å²) in [6.07, 6.45) is 6.06. The smallest absolute Gasteiger partial charge is 0.278 e. The summed E-state index contributed by atoms with van der Waals surface area (Å²) in [6, 6.07) is 16.2. The summed E-state index contributed by atoms with van der Waals surface area (Å²) < 4.78 is 0. The first-order valence-corrected chi connectivity index (χ1v) is 10.1. The SMILES string of the molecule is CCN(C(=O)c1cnc(NCCc2c[nH]c3ccccc23)cn1)c1cccc(C)c1. The molecule has 0 atom stereocenters. The lowest BCUT2D eigenvalue weighted by Crippen LogP contribution is -2.31. The highest BCUT2D eigenvalue weighted by atomic mass is 16.2. The number of aromatic amines is 1. The van der Waals surface area contributed by atoms with Crippen LogP contribution >= 0.6 is 0 Å². The average molecular weight is 399 g/mol. The Kier molecular flexibility index (Phi) is 5.75. The second-order valence-electron chi connectivity index (χ2n) is 7.21. The van der Waals surface area contributed by atoms with Gasteiger partial charge in [-0.15, -0.1) is 0 Å². The predicted octanol–water partition coefficient (Wildman–Crippen LogP) is 4.59. The third-order valence-corrected chi connectivity index (χ3v) is 5.12. The van der Waals surface area contributed by atoms with Crippen LogP contribution in [0.5, 0.6) is 0 Å². The largest absolute Gasteiger partial charge is 0.368 e. The van der Waals surface area contributed by atoms with E-state index >= 15 is 0 Å². The van der Waals surface area contributed by atoms with Crippen LogP contribution in [0.2, 0.25) is 0 Å². The number of para-hydroxylation sites is 1. The highest BCUT2D eigenvalue weighted by molar-refractivity contribution is 6.04. The van der Waals surface area contributed by atoms with Gasteiger partial charge < -0.3 is 15.2 Å². The maximum absolute atomic E-state index is 12.9. The molecule has 6 nitrogen and oxygen atoms in total. The molecule has 2 aromatic carbocycles. The Morgan fingerprint density at radius 2 is 1.97 bits per heavy atom. The van der Waals surface area contributed by atoms with E-state index in [4.69, 9.17) is 0 Å². The number of nitrogens with zero attached hydrogens (tertiary/aromatic N) is 3. The number of nitrogens with one attached hydrogen (secondary N) is 2. The molecule has 152 valence electrons. The van der Waals surface area contributed by atoms with E-state index in [0.717, 1.165) is 29.7 Å². The summed E-state index contributed by atoms with van der Waals surface area (Å²) in [4.78, 5) is 26.6. The molecule has 0 fully saturated rings. The number of aromatic nitrogens is 3. The highest BCUT2D eigenvalue weighted by Gasteiger charge is 2.18. The molecule has 0 aliphatic heterocycles. The number of hydrogen-bond acceptors (Lipinski definition) is 4. The molecular formula is C24H25N5O. The molecule has 1 amide bonds. The molecule has 4 aromatic rings. The number of benzene rings is 2. The maximum Gasteiger partial charge on any atom is 0.278 e. The molecule has 0 spiro atoms. The number of H-pyrrole nitrogens is 1. The van der Waals surface area contributed by atoms with Crippen molar-refractivity contribution in [2.24, 2.45) is 0 Å². The van der Waals surface area contributed by atoms with Crippen molar-refractivity contribution in [3.63, 3.8) is 0 Å². The minimum Gasteiger partial charge on any atom is -0.368 e. The van der Waals surface area contributed by atoms with Gasteiger partial charge in [-0.1, -0.05) is 30.3 Å². The summed E-state index contributed by atoms with van der Waals surface area (Å²) in [5.74, 6) is 0.505. The summed E-state index contributed by atoms with van der Waals surface area (Å²) in [7, 11) is 0. The zero-order chi connectivity index (χ0) is 20.9. The van der Waals surface area contributed by atoms with Crippen LogP contribution in [0, 0.1) is 6.92 Å². The van der Waals surface area contributed by atoms with Crippen LogP contribution in [0.3, 0.4) is 0 Å². The van der Waals surface area contributed by atoms with Gasteiger partial charge in [0.25, 0.3) is 5.91 Å². The summed E-state index contributed by atoms with van der Waals surface area (Å²) >= 11 is 0. The molecule has 30 heavy (non-hydrogen) atoms. The van der Waals surface area contributed by atoms with Crippen molar-refractivity contribution < 1.29 is 4.79 Å². The van der Waals surface area contributed by atoms with E-state index in [1.807, 2.05) is 56.4 Å². The van der Waals surface area contributed by atoms with Gasteiger partial charge in [0.15, 0.2) is 0 Å². The van der Waals surface area contributed by atoms with Crippen LogP contribution in [-0.2, 0) is 6.42 Å². The van der Waals surface area contributed by atoms with Gasteiger partial charge in [0.2, 0.25) is 0 Å². The van der Waals surface area contributed by atoms with Gasteiger partial charge in [-0.2, -0.15) is 0 Å². The maximum atomic E-state index is 12.9. The van der Waals surface area contributed by atoms with Gasteiger partial charge in [-0.3, -0.25) is 4.79 Å². The molecule has 2 N–H and O–H groups in total. The number of hydrogen-bond donors (Lipinski definition) is 2. The van der Waals surface area contributed by atoms with Crippen molar-refractivity contribution in [1.82, 2.24) is 15.0 Å². The zero-order valence-corrected chi connectivity index (χ0v) is 17.2. The van der Waals surface area contributed by atoms with Crippen molar-refractivity contribution in [3.05, 3.63) is 83.9 Å². The molecule has 0 radical (unpaired) electrons. The van der Waals surface area contributed by atoms with Crippen molar-refractivity contribution >= 4 is 28.3 Å². The van der Waals surface area contributed by atoms with Crippen molar-refractivity contribution in [3.8, 4) is 0 Å². The van der Waals surface area contributed by atoms with Gasteiger partial charge in [0.1, 0.15) is 11.5 Å². The third kappa shape index (κ3) is 4.17. The number of carbonyl (C=O) groups is 1. The van der Waals surface area contributed by atoms with Crippen molar-refractivity contribution in [2.45, 2.75) is 20.3 Å². The van der Waals surface area contributed by atoms with E-state index in [1.165, 1.54) is 17.1 Å². The summed E-state index contributed by atoms with van der Waals surface area (Å²) in [5.41, 5.74) is 4.71. The first-order valence-electron chi connectivity index (χ1n) is 10.1. The molecule has 0 aliphatic rings. The quantitative estimate of drug-likeness (QED) is 0.477. The van der Waals surface area contributed by atoms with E-state index in [1.54, 1.807) is 11.1 Å². The molecule has 0 saturated carbocycles. The molecule has 0 saturated heterocycles. The molecule has 4 rings (SSSR count). The Balaban J connectivity index is 1.39. The first-order chi connectivity index (χ1) is 14.7. The molecule has 2 aromatic heterocycles. The number of anilines is 2. The first kappa shape index (κ1) is 19.6. The van der Waals surface area contributed by atoms with Crippen LogP contribution in [0.25, 0.3) is 10.9 Å². The van der Waals surface area contributed by atoms with Crippen LogP contribution in [0.1, 0.15) is 28.5 Å². The Bertz CT molecular complexity index is 1150. The average Bonchev–Trinajstić information content (AvgIpc) is 3.18. The number of amides is 1. The fourth-order valence-corrected chi connectivity index (χ4v) is 3.57. The molecule has 0 bridgehead atoms. The van der Waals surface area contributed by atoms with Gasteiger partial charge in [-0.05, 0) is 49.6 Å². The predicted molar refractivity (Wildman–Crippen MR) is 121 cm³/mol. The Morgan fingerprint density at radius 3 is 2.73 bits per heavy atom. The molecule has 6 heteroatoms. The second kappa shape index (κ2) is 8.78. The van der Waals surface area contributed by atoms with Crippen molar-refractivity contribution in [1.29, 1.82) is 0 Å². The Hall–Kier alpha value is -3.67. The van der Waals surface area contributed by atoms with Crippen LogP contribution in [0.15, 0.2) is 67.1 Å². The minimum atomic E-state index is -0.152. The summed E-state index contributed by atoms with van der Waals surface area (Å²) in [5, 5.41) is 4.52. The number of aryl methyl sites for hydroxylation is 1. The molecule has 0 aliphatic carbocycles. The second-order valence-corrected chi connectivity index (χ2v) is 7.21. The fraction of sp³-hybridized carbons (Fsp3) is 0.208.